The minimum absolute atomic E-state index is 0.0250. The number of anilines is 1. The van der Waals surface area contributed by atoms with E-state index in [9.17, 15) is 26.8 Å². The van der Waals surface area contributed by atoms with Gasteiger partial charge in [0.05, 0.1) is 23.0 Å². The van der Waals surface area contributed by atoms with Crippen LogP contribution in [0, 0.1) is 17.6 Å². The lowest BCUT2D eigenvalue weighted by Gasteiger charge is -2.43. The molecule has 1 saturated carbocycles. The van der Waals surface area contributed by atoms with E-state index < -0.39 is 48.8 Å². The van der Waals surface area contributed by atoms with Crippen LogP contribution >= 0.6 is 11.6 Å². The number of amides is 2. The van der Waals surface area contributed by atoms with Crippen molar-refractivity contribution in [3.8, 4) is 0 Å². The first-order valence-corrected chi connectivity index (χ1v) is 15.4. The summed E-state index contributed by atoms with van der Waals surface area (Å²) in [5, 5.41) is 5.78. The summed E-state index contributed by atoms with van der Waals surface area (Å²) in [6.07, 6.45) is 2.72. The second-order valence-corrected chi connectivity index (χ2v) is 13.5. The van der Waals surface area contributed by atoms with Crippen LogP contribution in [0.15, 0.2) is 65.6 Å². The monoisotopic (exact) mass is 600 g/mol. The van der Waals surface area contributed by atoms with E-state index in [4.69, 9.17) is 11.6 Å². The van der Waals surface area contributed by atoms with Crippen molar-refractivity contribution in [2.75, 3.05) is 18.4 Å². The number of carbonyl (C=O) groups is 2. The van der Waals surface area contributed by atoms with Gasteiger partial charge in [-0.3, -0.25) is 4.79 Å². The molecule has 3 aromatic carbocycles. The van der Waals surface area contributed by atoms with E-state index in [0.29, 0.717) is 37.2 Å². The third-order valence-corrected chi connectivity index (χ3v) is 11.5. The van der Waals surface area contributed by atoms with Gasteiger partial charge in [0, 0.05) is 23.1 Å². The molecule has 2 aliphatic heterocycles. The average molecular weight is 601 g/mol. The van der Waals surface area contributed by atoms with E-state index in [1.54, 1.807) is 12.1 Å². The number of nitrogens with zero attached hydrogens (tertiary/aromatic N) is 1. The quantitative estimate of drug-likeness (QED) is 0.376. The van der Waals surface area contributed by atoms with E-state index in [1.807, 2.05) is 0 Å². The Labute approximate surface area is 242 Å². The average Bonchev–Trinajstić information content (AvgIpc) is 3.75. The molecule has 6 rings (SSSR count). The number of fused-ring (bicyclic) bond motifs is 2. The molecule has 2 N–H and O–H groups in total. The van der Waals surface area contributed by atoms with Crippen LogP contribution in [0.3, 0.4) is 0 Å². The van der Waals surface area contributed by atoms with Gasteiger partial charge in [-0.15, -0.1) is 3.89 Å². The van der Waals surface area contributed by atoms with Crippen molar-refractivity contribution >= 4 is 44.8 Å². The van der Waals surface area contributed by atoms with Gasteiger partial charge in [0.2, 0.25) is 0 Å². The number of carbonyl (C=O) groups excluding carboxylic acids is 2. The highest BCUT2D eigenvalue weighted by molar-refractivity contribution is 7.91. The zero-order valence-corrected chi connectivity index (χ0v) is 23.9. The Kier molecular flexibility index (Phi) is 6.80. The third kappa shape index (κ3) is 4.14. The van der Waals surface area contributed by atoms with E-state index in [0.717, 1.165) is 25.0 Å². The summed E-state index contributed by atoms with van der Waals surface area (Å²) in [7, 11) is -4.41. The molecule has 2 amide bonds. The highest BCUT2D eigenvalue weighted by Gasteiger charge is 2.73. The van der Waals surface area contributed by atoms with Crippen LogP contribution in [0.25, 0.3) is 0 Å². The fraction of sp³-hybridized carbons (Fsp3) is 0.333. The Morgan fingerprint density at radius 1 is 1.02 bits per heavy atom. The molecule has 2 fully saturated rings. The largest absolute Gasteiger partial charge is 0.339 e. The Hall–Kier alpha value is -3.18. The second-order valence-electron chi connectivity index (χ2n) is 11.1. The minimum Gasteiger partial charge on any atom is -0.321 e. The van der Waals surface area contributed by atoms with Gasteiger partial charge in [0.1, 0.15) is 22.6 Å². The van der Waals surface area contributed by atoms with Crippen LogP contribution in [-0.2, 0) is 20.2 Å². The molecule has 2 heterocycles. The zero-order chi connectivity index (χ0) is 29.2. The molecule has 0 aromatic heterocycles. The molecule has 3 aromatic rings. The lowest BCUT2D eigenvalue weighted by molar-refractivity contribution is -0.126. The summed E-state index contributed by atoms with van der Waals surface area (Å²) in [4.78, 5) is 27.1. The van der Waals surface area contributed by atoms with Crippen molar-refractivity contribution < 1.29 is 26.8 Å². The van der Waals surface area contributed by atoms with Crippen molar-refractivity contribution in [2.45, 2.75) is 49.0 Å². The number of hydrogen-bond acceptors (Lipinski definition) is 5. The van der Waals surface area contributed by atoms with Gasteiger partial charge in [0.25, 0.3) is 5.91 Å². The lowest BCUT2D eigenvalue weighted by Crippen LogP contribution is -2.67. The van der Waals surface area contributed by atoms with Crippen LogP contribution in [0.4, 0.5) is 20.2 Å². The van der Waals surface area contributed by atoms with Crippen LogP contribution in [0.5, 0.6) is 0 Å². The Balaban J connectivity index is 1.56. The SMILES string of the molecule is CC(=O)[N+]1(S(=O)(=O)c2ccc(F)cc2)c2ccc(C(=O)Nc3cccc(F)c3Cl)cc2C2(CCNCC2)C1C1CC1. The molecule has 11 heteroatoms. The van der Waals surface area contributed by atoms with Crippen LogP contribution in [0.2, 0.25) is 5.02 Å². The zero-order valence-electron chi connectivity index (χ0n) is 22.3. The molecule has 0 bridgehead atoms. The molecule has 1 aliphatic carbocycles. The summed E-state index contributed by atoms with van der Waals surface area (Å²) in [6.45, 7) is 2.53. The number of piperidine rings is 1. The fourth-order valence-electron chi connectivity index (χ4n) is 7.00. The molecular weight excluding hydrogens is 572 g/mol. The van der Waals surface area contributed by atoms with Crippen molar-refractivity contribution in [1.29, 1.82) is 0 Å². The summed E-state index contributed by atoms with van der Waals surface area (Å²) in [6, 6.07) is 12.8. The number of sulfonamides is 1. The van der Waals surface area contributed by atoms with Crippen LogP contribution < -0.4 is 14.5 Å². The number of rotatable bonds is 5. The predicted molar refractivity (Wildman–Crippen MR) is 152 cm³/mol. The number of benzene rings is 3. The summed E-state index contributed by atoms with van der Waals surface area (Å²) in [5.41, 5.74) is 0.611. The second kappa shape index (κ2) is 9.97. The molecular formula is C30H29ClF2N3O4S+. The first kappa shape index (κ1) is 28.0. The molecule has 0 radical (unpaired) electrons. The Morgan fingerprint density at radius 2 is 1.71 bits per heavy atom. The number of quaternary nitrogens is 1. The molecule has 7 nitrogen and oxygen atoms in total. The van der Waals surface area contributed by atoms with Gasteiger partial charge < -0.3 is 10.6 Å². The summed E-state index contributed by atoms with van der Waals surface area (Å²) < 4.78 is 56.2. The lowest BCUT2D eigenvalue weighted by atomic mass is 9.68. The Morgan fingerprint density at radius 3 is 2.34 bits per heavy atom. The smallest absolute Gasteiger partial charge is 0.321 e. The van der Waals surface area contributed by atoms with Crippen LogP contribution in [-0.4, -0.2) is 39.4 Å². The van der Waals surface area contributed by atoms with Crippen LogP contribution in [0.1, 0.15) is 48.5 Å². The van der Waals surface area contributed by atoms with Crippen molar-refractivity contribution in [3.63, 3.8) is 0 Å². The summed E-state index contributed by atoms with van der Waals surface area (Å²) in [5.74, 6) is -2.37. The summed E-state index contributed by atoms with van der Waals surface area (Å²) >= 11 is 6.06. The normalized spacial score (nSPS) is 23.3. The minimum atomic E-state index is -4.41. The standard InChI is InChI=1S/C30H28ClF2N3O4S/c1-18(37)36(41(39,40)22-10-8-21(32)9-11-22)26-12-7-20(29(38)35-25-4-2-3-24(33)27(25)31)17-23(26)30(13-15-34-16-14-30)28(36)19-5-6-19/h2-4,7-12,17,19,28,34H,5-6,13-16H2,1H3/p+1. The van der Waals surface area contributed by atoms with Crippen molar-refractivity contribution in [3.05, 3.63) is 88.4 Å². The molecule has 1 spiro atoms. The van der Waals surface area contributed by atoms with Crippen molar-refractivity contribution in [2.24, 2.45) is 5.92 Å². The maximum atomic E-state index is 14.7. The first-order chi connectivity index (χ1) is 19.5. The predicted octanol–water partition coefficient (Wildman–Crippen LogP) is 5.53. The molecule has 1 saturated heterocycles. The molecule has 2 unspecified atom stereocenters. The van der Waals surface area contributed by atoms with E-state index >= 15 is 0 Å². The van der Waals surface area contributed by atoms with Gasteiger partial charge >= 0.3 is 15.9 Å². The highest BCUT2D eigenvalue weighted by atomic mass is 35.5. The number of hydrogen-bond donors (Lipinski definition) is 2. The molecule has 214 valence electrons. The van der Waals surface area contributed by atoms with Crippen molar-refractivity contribution in [1.82, 2.24) is 9.21 Å². The highest BCUT2D eigenvalue weighted by Crippen LogP contribution is 2.62. The number of nitrogens with one attached hydrogen (secondary N) is 2. The maximum Gasteiger partial charge on any atom is 0.339 e. The van der Waals surface area contributed by atoms with E-state index in [1.165, 1.54) is 43.3 Å². The maximum absolute atomic E-state index is 14.7. The van der Waals surface area contributed by atoms with Gasteiger partial charge in [-0.2, -0.15) is 8.42 Å². The fourth-order valence-corrected chi connectivity index (χ4v) is 9.42. The van der Waals surface area contributed by atoms with E-state index in [-0.39, 0.29) is 27.1 Å². The number of halogens is 3. The molecule has 2 atom stereocenters. The third-order valence-electron chi connectivity index (χ3n) is 8.83. The molecule has 41 heavy (non-hydrogen) atoms. The first-order valence-electron chi connectivity index (χ1n) is 13.6. The Bertz CT molecular complexity index is 1670. The van der Waals surface area contributed by atoms with Gasteiger partial charge in [-0.25, -0.2) is 13.6 Å². The van der Waals surface area contributed by atoms with Gasteiger partial charge in [0.15, 0.2) is 5.69 Å². The van der Waals surface area contributed by atoms with Gasteiger partial charge in [-0.1, -0.05) is 17.7 Å². The topological polar surface area (TPSA) is 92.3 Å². The molecule has 3 aliphatic rings. The van der Waals surface area contributed by atoms with E-state index in [2.05, 4.69) is 10.6 Å². The van der Waals surface area contributed by atoms with Gasteiger partial charge in [-0.05, 0) is 87.3 Å².